The van der Waals surface area contributed by atoms with Crippen molar-refractivity contribution in [3.63, 3.8) is 0 Å². The normalized spacial score (nSPS) is 14.2. The number of rotatable bonds is 2. The Kier molecular flexibility index (Phi) is 3.06. The summed E-state index contributed by atoms with van der Waals surface area (Å²) in [4.78, 5) is 25.1. The highest BCUT2D eigenvalue weighted by Gasteiger charge is 2.32. The van der Waals surface area contributed by atoms with Crippen LogP contribution >= 0.6 is 11.7 Å². The summed E-state index contributed by atoms with van der Waals surface area (Å²) in [6.45, 7) is 0. The van der Waals surface area contributed by atoms with Gasteiger partial charge in [-0.25, -0.2) is 0 Å². The molecule has 1 aromatic heterocycles. The SMILES string of the molecule is CN1C(=O)c2ccc(/C=C/c3cccc4nsnc34)cc2C1=O. The zero-order valence-corrected chi connectivity index (χ0v) is 13.0. The third-order valence-electron chi connectivity index (χ3n) is 3.89. The fourth-order valence-corrected chi connectivity index (χ4v) is 3.19. The maximum absolute atomic E-state index is 12.0. The van der Waals surface area contributed by atoms with Gasteiger partial charge in [0.1, 0.15) is 11.0 Å². The lowest BCUT2D eigenvalue weighted by Crippen LogP contribution is -2.24. The Labute approximate surface area is 136 Å². The lowest BCUT2D eigenvalue weighted by atomic mass is 10.0. The van der Waals surface area contributed by atoms with Gasteiger partial charge in [-0.15, -0.1) is 0 Å². The molecule has 0 radical (unpaired) electrons. The molecule has 0 spiro atoms. The monoisotopic (exact) mass is 321 g/mol. The van der Waals surface area contributed by atoms with Crippen molar-refractivity contribution in [2.75, 3.05) is 7.05 Å². The van der Waals surface area contributed by atoms with Crippen LogP contribution in [-0.2, 0) is 0 Å². The number of hydrogen-bond acceptors (Lipinski definition) is 5. The van der Waals surface area contributed by atoms with Gasteiger partial charge >= 0.3 is 0 Å². The third-order valence-corrected chi connectivity index (χ3v) is 4.43. The van der Waals surface area contributed by atoms with E-state index in [1.165, 1.54) is 18.8 Å². The first-order chi connectivity index (χ1) is 11.1. The summed E-state index contributed by atoms with van der Waals surface area (Å²) in [6.07, 6.45) is 3.85. The number of fused-ring (bicyclic) bond motifs is 2. The minimum Gasteiger partial charge on any atom is -0.277 e. The van der Waals surface area contributed by atoms with Crippen LogP contribution < -0.4 is 0 Å². The predicted octanol–water partition coefficient (Wildman–Crippen LogP) is 3.09. The first kappa shape index (κ1) is 13.8. The first-order valence-corrected chi connectivity index (χ1v) is 7.74. The predicted molar refractivity (Wildman–Crippen MR) is 89.2 cm³/mol. The topological polar surface area (TPSA) is 63.2 Å². The molecule has 0 saturated carbocycles. The number of nitrogens with zero attached hydrogens (tertiary/aromatic N) is 3. The van der Waals surface area contributed by atoms with Crippen LogP contribution in [0.2, 0.25) is 0 Å². The van der Waals surface area contributed by atoms with Crippen molar-refractivity contribution >= 4 is 46.7 Å². The zero-order valence-electron chi connectivity index (χ0n) is 12.2. The van der Waals surface area contributed by atoms with Gasteiger partial charge in [0.2, 0.25) is 0 Å². The fraction of sp³-hybridized carbons (Fsp3) is 0.0588. The smallest absolute Gasteiger partial charge is 0.261 e. The molecular weight excluding hydrogens is 310 g/mol. The van der Waals surface area contributed by atoms with Gasteiger partial charge in [0.25, 0.3) is 11.8 Å². The summed E-state index contributed by atoms with van der Waals surface area (Å²) in [5, 5.41) is 0. The highest BCUT2D eigenvalue weighted by atomic mass is 32.1. The van der Waals surface area contributed by atoms with E-state index in [1.807, 2.05) is 36.4 Å². The van der Waals surface area contributed by atoms with Gasteiger partial charge in [0.05, 0.1) is 22.9 Å². The van der Waals surface area contributed by atoms with E-state index in [0.717, 1.165) is 27.1 Å². The van der Waals surface area contributed by atoms with Crippen molar-refractivity contribution in [2.45, 2.75) is 0 Å². The lowest BCUT2D eigenvalue weighted by molar-refractivity contribution is 0.0693. The molecule has 23 heavy (non-hydrogen) atoms. The molecule has 0 atom stereocenters. The van der Waals surface area contributed by atoms with Gasteiger partial charge < -0.3 is 0 Å². The van der Waals surface area contributed by atoms with Crippen LogP contribution in [0.3, 0.4) is 0 Å². The molecule has 2 heterocycles. The Balaban J connectivity index is 1.72. The second-order valence-electron chi connectivity index (χ2n) is 5.29. The minimum atomic E-state index is -0.258. The molecule has 0 bridgehead atoms. The van der Waals surface area contributed by atoms with Crippen LogP contribution in [0.25, 0.3) is 23.2 Å². The molecule has 112 valence electrons. The summed E-state index contributed by atoms with van der Waals surface area (Å²) in [5.41, 5.74) is 4.47. The van der Waals surface area contributed by atoms with Crippen LogP contribution in [0.15, 0.2) is 36.4 Å². The molecule has 1 aliphatic rings. The highest BCUT2D eigenvalue weighted by molar-refractivity contribution is 7.00. The number of hydrogen-bond donors (Lipinski definition) is 0. The van der Waals surface area contributed by atoms with Crippen LogP contribution in [0.1, 0.15) is 31.8 Å². The molecule has 2 aromatic carbocycles. The van der Waals surface area contributed by atoms with E-state index in [-0.39, 0.29) is 11.8 Å². The summed E-state index contributed by atoms with van der Waals surface area (Å²) in [7, 11) is 1.50. The number of carbonyl (C=O) groups excluding carboxylic acids is 2. The van der Waals surface area contributed by atoms with Gasteiger partial charge in [-0.3, -0.25) is 14.5 Å². The van der Waals surface area contributed by atoms with Crippen molar-refractivity contribution in [2.24, 2.45) is 0 Å². The van der Waals surface area contributed by atoms with Crippen LogP contribution in [0, 0.1) is 0 Å². The molecule has 2 amide bonds. The molecule has 0 N–H and O–H groups in total. The van der Waals surface area contributed by atoms with E-state index >= 15 is 0 Å². The van der Waals surface area contributed by atoms with Crippen LogP contribution in [-0.4, -0.2) is 32.5 Å². The van der Waals surface area contributed by atoms with E-state index in [0.29, 0.717) is 11.1 Å². The summed E-state index contributed by atoms with van der Waals surface area (Å²) in [6, 6.07) is 11.1. The quantitative estimate of drug-likeness (QED) is 0.537. The Hall–Kier alpha value is -2.86. The summed E-state index contributed by atoms with van der Waals surface area (Å²) in [5.74, 6) is -0.509. The largest absolute Gasteiger partial charge is 0.277 e. The fourth-order valence-electron chi connectivity index (χ4n) is 2.63. The van der Waals surface area contributed by atoms with E-state index in [2.05, 4.69) is 8.75 Å². The third kappa shape index (κ3) is 2.15. The van der Waals surface area contributed by atoms with Crippen molar-refractivity contribution < 1.29 is 9.59 Å². The molecule has 4 rings (SSSR count). The summed E-state index contributed by atoms with van der Waals surface area (Å²) >= 11 is 1.18. The molecule has 0 saturated heterocycles. The lowest BCUT2D eigenvalue weighted by Gasteiger charge is -2.02. The van der Waals surface area contributed by atoms with Crippen molar-refractivity contribution in [1.82, 2.24) is 13.6 Å². The average Bonchev–Trinajstić information content (AvgIpc) is 3.13. The molecule has 1 aliphatic heterocycles. The molecule has 5 nitrogen and oxygen atoms in total. The molecule has 0 fully saturated rings. The Morgan fingerprint density at radius 1 is 1.00 bits per heavy atom. The molecule has 0 aliphatic carbocycles. The van der Waals surface area contributed by atoms with E-state index in [4.69, 9.17) is 0 Å². The minimum absolute atomic E-state index is 0.251. The van der Waals surface area contributed by atoms with Gasteiger partial charge in [0.15, 0.2) is 0 Å². The van der Waals surface area contributed by atoms with E-state index < -0.39 is 0 Å². The summed E-state index contributed by atoms with van der Waals surface area (Å²) < 4.78 is 8.51. The molecule has 3 aromatic rings. The molecular formula is C17H11N3O2S. The Morgan fingerprint density at radius 3 is 2.70 bits per heavy atom. The van der Waals surface area contributed by atoms with Crippen LogP contribution in [0.5, 0.6) is 0 Å². The molecule has 0 unspecified atom stereocenters. The van der Waals surface area contributed by atoms with E-state index in [1.54, 1.807) is 12.1 Å². The average molecular weight is 321 g/mol. The maximum Gasteiger partial charge on any atom is 0.261 e. The number of carbonyl (C=O) groups is 2. The van der Waals surface area contributed by atoms with Gasteiger partial charge in [-0.05, 0) is 23.8 Å². The molecule has 6 heteroatoms. The number of aromatic nitrogens is 2. The van der Waals surface area contributed by atoms with Gasteiger partial charge in [0, 0.05) is 12.6 Å². The van der Waals surface area contributed by atoms with Crippen LogP contribution in [0.4, 0.5) is 0 Å². The zero-order chi connectivity index (χ0) is 16.0. The number of imide groups is 1. The highest BCUT2D eigenvalue weighted by Crippen LogP contribution is 2.24. The van der Waals surface area contributed by atoms with E-state index in [9.17, 15) is 9.59 Å². The van der Waals surface area contributed by atoms with Gasteiger partial charge in [-0.2, -0.15) is 8.75 Å². The maximum atomic E-state index is 12.0. The Bertz CT molecular complexity index is 990. The van der Waals surface area contributed by atoms with Crippen molar-refractivity contribution in [1.29, 1.82) is 0 Å². The van der Waals surface area contributed by atoms with Gasteiger partial charge in [-0.1, -0.05) is 30.4 Å². The van der Waals surface area contributed by atoms with Crippen molar-refractivity contribution in [3.8, 4) is 0 Å². The standard InChI is InChI=1S/C17H11N3O2S/c1-20-16(21)12-8-6-10(9-13(12)17(20)22)5-7-11-3-2-4-14-15(11)19-23-18-14/h2-9H,1H3/b7-5+. The number of amides is 2. The second kappa shape index (κ2) is 5.10. The van der Waals surface area contributed by atoms with Crippen molar-refractivity contribution in [3.05, 3.63) is 58.7 Å². The number of benzene rings is 2. The first-order valence-electron chi connectivity index (χ1n) is 7.01. The Morgan fingerprint density at radius 2 is 1.83 bits per heavy atom. The second-order valence-corrected chi connectivity index (χ2v) is 5.82.